The molecule has 26 heavy (non-hydrogen) atoms. The Morgan fingerprint density at radius 1 is 1.19 bits per heavy atom. The average molecular weight is 393 g/mol. The summed E-state index contributed by atoms with van der Waals surface area (Å²) >= 11 is 1.59. The van der Waals surface area contributed by atoms with Crippen LogP contribution < -0.4 is 16.0 Å². The van der Waals surface area contributed by atoms with Crippen molar-refractivity contribution >= 4 is 46.2 Å². The molecule has 1 amide bonds. The van der Waals surface area contributed by atoms with Crippen LogP contribution in [-0.4, -0.2) is 23.0 Å². The van der Waals surface area contributed by atoms with Gasteiger partial charge in [-0.15, -0.1) is 23.7 Å². The van der Waals surface area contributed by atoms with Crippen LogP contribution in [0.25, 0.3) is 0 Å². The molecular weight excluding hydrogens is 368 g/mol. The summed E-state index contributed by atoms with van der Waals surface area (Å²) in [4.78, 5) is 16.7. The zero-order valence-electron chi connectivity index (χ0n) is 14.8. The normalized spacial score (nSPS) is 24.0. The fraction of sp³-hybridized carbons (Fsp3) is 0.474. The number of carbonyl (C=O) groups excluding carboxylic acids is 1. The summed E-state index contributed by atoms with van der Waals surface area (Å²) in [6.45, 7) is 1.98. The number of carbonyl (C=O) groups is 1. The molecule has 4 rings (SSSR count). The Kier molecular flexibility index (Phi) is 6.16. The van der Waals surface area contributed by atoms with Crippen molar-refractivity contribution in [2.45, 2.75) is 51.1 Å². The Morgan fingerprint density at radius 2 is 1.85 bits per heavy atom. The Balaban J connectivity index is 0.00000196. The van der Waals surface area contributed by atoms with Gasteiger partial charge >= 0.3 is 0 Å². The summed E-state index contributed by atoms with van der Waals surface area (Å²) in [7, 11) is 0. The molecule has 0 radical (unpaired) electrons. The zero-order valence-corrected chi connectivity index (χ0v) is 16.5. The van der Waals surface area contributed by atoms with Crippen molar-refractivity contribution in [3.05, 3.63) is 35.3 Å². The maximum absolute atomic E-state index is 12.3. The Morgan fingerprint density at radius 3 is 2.46 bits per heavy atom. The average Bonchev–Trinajstić information content (AvgIpc) is 3.14. The van der Waals surface area contributed by atoms with Gasteiger partial charge in [0.2, 0.25) is 5.91 Å². The zero-order chi connectivity index (χ0) is 17.2. The molecular formula is C19H25ClN4OS. The molecule has 2 aliphatic heterocycles. The highest BCUT2D eigenvalue weighted by atomic mass is 35.5. The van der Waals surface area contributed by atoms with Crippen LogP contribution in [0.2, 0.25) is 0 Å². The van der Waals surface area contributed by atoms with Gasteiger partial charge in [-0.25, -0.2) is 4.98 Å². The van der Waals surface area contributed by atoms with Crippen LogP contribution >= 0.6 is 23.7 Å². The van der Waals surface area contributed by atoms with E-state index >= 15 is 0 Å². The topological polar surface area (TPSA) is 66.0 Å². The smallest absolute Gasteiger partial charge is 0.224 e. The standard InChI is InChI=1S/C19H24N4OS.ClH/c1-12-11-25-19(20-12)23-15-4-2-14(3-5-15)22-18(24)10-13-8-16-6-7-17(9-13)21-16;/h2-5,11,13,16-17,21H,6-10H2,1H3,(H,20,23)(H,22,24);1H. The number of piperidine rings is 1. The van der Waals surface area contributed by atoms with Gasteiger partial charge in [-0.1, -0.05) is 0 Å². The Labute approximate surface area is 164 Å². The van der Waals surface area contributed by atoms with Gasteiger partial charge in [0.1, 0.15) is 0 Å². The number of amides is 1. The monoisotopic (exact) mass is 392 g/mol. The number of nitrogens with zero attached hydrogens (tertiary/aromatic N) is 1. The number of halogens is 1. The second kappa shape index (κ2) is 8.37. The lowest BCUT2D eigenvalue weighted by Crippen LogP contribution is -2.39. The minimum atomic E-state index is 0. The molecule has 1 aromatic carbocycles. The summed E-state index contributed by atoms with van der Waals surface area (Å²) < 4.78 is 0. The van der Waals surface area contributed by atoms with Gasteiger partial charge in [-0.05, 0) is 62.8 Å². The molecule has 2 saturated heterocycles. The van der Waals surface area contributed by atoms with E-state index in [0.29, 0.717) is 24.4 Å². The lowest BCUT2D eigenvalue weighted by Gasteiger charge is -2.28. The molecule has 2 bridgehead atoms. The largest absolute Gasteiger partial charge is 0.332 e. The van der Waals surface area contributed by atoms with Crippen molar-refractivity contribution < 1.29 is 4.79 Å². The van der Waals surface area contributed by atoms with Crippen molar-refractivity contribution in [1.82, 2.24) is 10.3 Å². The summed E-state index contributed by atoms with van der Waals surface area (Å²) in [5.41, 5.74) is 2.84. The van der Waals surface area contributed by atoms with E-state index in [9.17, 15) is 4.79 Å². The van der Waals surface area contributed by atoms with Crippen molar-refractivity contribution in [1.29, 1.82) is 0 Å². The highest BCUT2D eigenvalue weighted by Crippen LogP contribution is 2.32. The first-order valence-corrected chi connectivity index (χ1v) is 9.87. The number of anilines is 3. The molecule has 0 aliphatic carbocycles. The van der Waals surface area contributed by atoms with E-state index < -0.39 is 0 Å². The van der Waals surface area contributed by atoms with Gasteiger partial charge < -0.3 is 16.0 Å². The molecule has 0 spiro atoms. The van der Waals surface area contributed by atoms with Crippen LogP contribution in [0.15, 0.2) is 29.6 Å². The molecule has 7 heteroatoms. The van der Waals surface area contributed by atoms with Crippen molar-refractivity contribution in [3.8, 4) is 0 Å². The lowest BCUT2D eigenvalue weighted by atomic mass is 9.89. The first kappa shape index (κ1) is 19.1. The fourth-order valence-electron chi connectivity index (χ4n) is 3.99. The number of hydrogen-bond donors (Lipinski definition) is 3. The number of thiazole rings is 1. The maximum Gasteiger partial charge on any atom is 0.224 e. The molecule has 2 aromatic rings. The minimum absolute atomic E-state index is 0. The third-order valence-electron chi connectivity index (χ3n) is 5.08. The van der Waals surface area contributed by atoms with Crippen molar-refractivity contribution in [2.24, 2.45) is 5.92 Å². The predicted octanol–water partition coefficient (Wildman–Crippen LogP) is 4.48. The van der Waals surface area contributed by atoms with E-state index in [1.54, 1.807) is 11.3 Å². The predicted molar refractivity (Wildman–Crippen MR) is 110 cm³/mol. The van der Waals surface area contributed by atoms with Crippen LogP contribution in [0, 0.1) is 12.8 Å². The van der Waals surface area contributed by atoms with Gasteiger partial charge in [0.25, 0.3) is 0 Å². The number of nitrogens with one attached hydrogen (secondary N) is 3. The number of rotatable bonds is 5. The molecule has 2 unspecified atom stereocenters. The quantitative estimate of drug-likeness (QED) is 0.702. The molecule has 5 nitrogen and oxygen atoms in total. The molecule has 3 heterocycles. The molecule has 2 atom stereocenters. The van der Waals surface area contributed by atoms with Crippen molar-refractivity contribution in [2.75, 3.05) is 10.6 Å². The van der Waals surface area contributed by atoms with Crippen LogP contribution in [-0.2, 0) is 4.79 Å². The third kappa shape index (κ3) is 4.75. The number of aryl methyl sites for hydroxylation is 1. The van der Waals surface area contributed by atoms with Crippen LogP contribution in [0.5, 0.6) is 0 Å². The first-order valence-electron chi connectivity index (χ1n) is 8.99. The summed E-state index contributed by atoms with van der Waals surface area (Å²) in [5, 5.41) is 12.8. The minimum Gasteiger partial charge on any atom is -0.332 e. The van der Waals surface area contributed by atoms with Crippen LogP contribution in [0.3, 0.4) is 0 Å². The molecule has 140 valence electrons. The summed E-state index contributed by atoms with van der Waals surface area (Å²) in [6, 6.07) is 9.08. The van der Waals surface area contributed by atoms with Crippen LogP contribution in [0.4, 0.5) is 16.5 Å². The SMILES string of the molecule is Cc1csc(Nc2ccc(NC(=O)CC3CC4CCC(C3)N4)cc2)n1.Cl. The van der Waals surface area contributed by atoms with Gasteiger partial charge in [0, 0.05) is 35.3 Å². The number of benzene rings is 1. The van der Waals surface area contributed by atoms with Gasteiger partial charge in [-0.2, -0.15) is 0 Å². The molecule has 0 saturated carbocycles. The van der Waals surface area contributed by atoms with E-state index in [4.69, 9.17) is 0 Å². The first-order chi connectivity index (χ1) is 12.1. The second-order valence-corrected chi connectivity index (χ2v) is 8.08. The van der Waals surface area contributed by atoms with Crippen molar-refractivity contribution in [3.63, 3.8) is 0 Å². The second-order valence-electron chi connectivity index (χ2n) is 7.22. The number of hydrogen-bond acceptors (Lipinski definition) is 5. The summed E-state index contributed by atoms with van der Waals surface area (Å²) in [5.74, 6) is 0.649. The molecule has 1 aromatic heterocycles. The number of aromatic nitrogens is 1. The lowest BCUT2D eigenvalue weighted by molar-refractivity contribution is -0.117. The molecule has 3 N–H and O–H groups in total. The Bertz CT molecular complexity index is 736. The van der Waals surface area contributed by atoms with Gasteiger partial charge in [0.15, 0.2) is 5.13 Å². The van der Waals surface area contributed by atoms with Gasteiger partial charge in [0.05, 0.1) is 5.69 Å². The highest BCUT2D eigenvalue weighted by Gasteiger charge is 2.34. The van der Waals surface area contributed by atoms with E-state index in [2.05, 4.69) is 20.9 Å². The van der Waals surface area contributed by atoms with Crippen LogP contribution in [0.1, 0.15) is 37.8 Å². The third-order valence-corrected chi connectivity index (χ3v) is 5.96. The van der Waals surface area contributed by atoms with E-state index in [1.807, 2.05) is 36.6 Å². The highest BCUT2D eigenvalue weighted by molar-refractivity contribution is 7.13. The maximum atomic E-state index is 12.3. The number of fused-ring (bicyclic) bond motifs is 2. The summed E-state index contributed by atoms with van der Waals surface area (Å²) in [6.07, 6.45) is 5.46. The van der Waals surface area contributed by atoms with E-state index in [0.717, 1.165) is 35.0 Å². The van der Waals surface area contributed by atoms with Gasteiger partial charge in [-0.3, -0.25) is 4.79 Å². The Hall–Kier alpha value is -1.63. The molecule has 2 aliphatic rings. The fourth-order valence-corrected chi connectivity index (χ4v) is 4.70. The van der Waals surface area contributed by atoms with E-state index in [1.165, 1.54) is 12.8 Å². The van der Waals surface area contributed by atoms with E-state index in [-0.39, 0.29) is 18.3 Å². The molecule has 2 fully saturated rings.